The van der Waals surface area contributed by atoms with Gasteiger partial charge in [-0.25, -0.2) is 4.98 Å². The van der Waals surface area contributed by atoms with E-state index < -0.39 is 107 Å². The number of hydrogen-bond donors (Lipinski definition) is 6. The molecule has 0 aliphatic heterocycles. The molecule has 9 atom stereocenters. The highest BCUT2D eigenvalue weighted by Gasteiger charge is 2.39. The predicted molar refractivity (Wildman–Crippen MR) is 282 cm³/mol. The minimum atomic E-state index is -1.46. The lowest BCUT2D eigenvalue weighted by molar-refractivity contribution is -0.150. The number of aliphatic carboxylic acids is 1. The highest BCUT2D eigenvalue weighted by Crippen LogP contribution is 2.33. The number of anilines is 1. The van der Waals surface area contributed by atoms with Gasteiger partial charge in [-0.05, 0) is 89.1 Å². The van der Waals surface area contributed by atoms with Crippen LogP contribution >= 0.6 is 11.3 Å². The van der Waals surface area contributed by atoms with E-state index in [1.54, 1.807) is 17.9 Å². The number of aromatic hydroxyl groups is 1. The van der Waals surface area contributed by atoms with Crippen LogP contribution in [0.25, 0.3) is 0 Å². The third kappa shape index (κ3) is 19.4. The lowest BCUT2D eigenvalue weighted by Crippen LogP contribution is -2.51. The number of esters is 1. The molecular weight excluding hydrogens is 987 g/mol. The van der Waals surface area contributed by atoms with Crippen molar-refractivity contribution in [2.75, 3.05) is 26.5 Å². The van der Waals surface area contributed by atoms with Gasteiger partial charge in [-0.3, -0.25) is 52.8 Å². The Morgan fingerprint density at radius 2 is 1.49 bits per heavy atom. The van der Waals surface area contributed by atoms with Gasteiger partial charge >= 0.3 is 11.9 Å². The average Bonchev–Trinajstić information content (AvgIpc) is 3.84. The number of ketones is 3. The van der Waals surface area contributed by atoms with Crippen LogP contribution in [0.15, 0.2) is 23.6 Å². The van der Waals surface area contributed by atoms with E-state index >= 15 is 0 Å². The van der Waals surface area contributed by atoms with Gasteiger partial charge in [0.25, 0.3) is 11.8 Å². The number of nitrogens with zero attached hydrogens (tertiary/aromatic N) is 3. The fourth-order valence-corrected chi connectivity index (χ4v) is 8.77. The zero-order valence-electron chi connectivity index (χ0n) is 45.3. The summed E-state index contributed by atoms with van der Waals surface area (Å²) >= 11 is 1.07. The first-order chi connectivity index (χ1) is 34.9. The van der Waals surface area contributed by atoms with Crippen LogP contribution < -0.4 is 21.3 Å². The molecule has 75 heavy (non-hydrogen) atoms. The molecule has 2 unspecified atom stereocenters. The molecule has 1 aromatic carbocycles. The number of carbonyl (C=O) groups excluding carboxylic acids is 9. The van der Waals surface area contributed by atoms with E-state index in [0.717, 1.165) is 11.3 Å². The van der Waals surface area contributed by atoms with Crippen LogP contribution in [0.1, 0.15) is 135 Å². The van der Waals surface area contributed by atoms with Gasteiger partial charge in [0.1, 0.15) is 22.5 Å². The smallest absolute Gasteiger partial charge is 0.306 e. The van der Waals surface area contributed by atoms with Crippen molar-refractivity contribution < 1.29 is 62.9 Å². The Morgan fingerprint density at radius 3 is 2.04 bits per heavy atom. The van der Waals surface area contributed by atoms with E-state index in [1.165, 1.54) is 51.3 Å². The predicted octanol–water partition coefficient (Wildman–Crippen LogP) is 4.49. The maximum Gasteiger partial charge on any atom is 0.306 e. The lowest BCUT2D eigenvalue weighted by atomic mass is 9.81. The number of rotatable bonds is 30. The maximum atomic E-state index is 14.3. The van der Waals surface area contributed by atoms with E-state index in [1.807, 2.05) is 66.5 Å². The molecule has 0 saturated heterocycles. The molecule has 0 aliphatic carbocycles. The molecule has 410 valence electrons. The molecule has 0 radical (unpaired) electrons. The first-order valence-corrected chi connectivity index (χ1v) is 25.6. The van der Waals surface area contributed by atoms with Gasteiger partial charge in [-0.2, -0.15) is 0 Å². The summed E-state index contributed by atoms with van der Waals surface area (Å²) in [6, 6.07) is 0.294. The number of phenolic OH excluding ortho intramolecular Hbond substituents is 1. The molecule has 1 heterocycles. The lowest BCUT2D eigenvalue weighted by Gasteiger charge is -2.38. The second-order valence-electron chi connectivity index (χ2n) is 20.2. The summed E-state index contributed by atoms with van der Waals surface area (Å²) < 4.78 is 5.79. The zero-order chi connectivity index (χ0) is 57.2. The minimum Gasteiger partial charge on any atom is -0.506 e. The Balaban J connectivity index is 2.33. The monoisotopic (exact) mass is 1060 g/mol. The molecule has 0 bridgehead atoms. The third-order valence-electron chi connectivity index (χ3n) is 13.6. The summed E-state index contributed by atoms with van der Waals surface area (Å²) in [6.07, 6.45) is 9.03. The Kier molecular flexibility index (Phi) is 25.0. The standard InChI is InChI=1S/C54H75N7O13S/c1-16-30(6)38(26-46(66)54(11,12)60(13)14)52(71)61(15)42(29(4)5)27-45(74-34(10)62)51-59-41(28-75-51)50(70)56-36(21-32(8)53(72)73)23-35-19-20-43(64)39(24-35)58-48(68)31(7)22-44(65)33(9)55-49(69)40(25-37(63)17-2)57-47(67)18-3/h2-3,19-20,24,28-33,36,38,40,42,45,64H,16,21-23,25-27H2,1,4-15H3,(H,55,69)(H,56,70)(H,57,67)(H,58,68)(H,72,73)/t30-,31+,32?,33-,36+,38-,40?,42+,45+/m0/s1. The van der Waals surface area contributed by atoms with E-state index in [2.05, 4.69) is 26.3 Å². The van der Waals surface area contributed by atoms with E-state index in [4.69, 9.17) is 17.6 Å². The summed E-state index contributed by atoms with van der Waals surface area (Å²) in [5, 5.41) is 32.3. The Labute approximate surface area is 444 Å². The molecule has 20 nitrogen and oxygen atoms in total. The number of carboxylic acid groups (broad SMARTS) is 1. The van der Waals surface area contributed by atoms with Crippen LogP contribution in [0.3, 0.4) is 0 Å². The van der Waals surface area contributed by atoms with Crippen molar-refractivity contribution in [3.05, 3.63) is 39.8 Å². The van der Waals surface area contributed by atoms with Crippen molar-refractivity contribution in [2.45, 2.75) is 150 Å². The van der Waals surface area contributed by atoms with Crippen LogP contribution in [0.5, 0.6) is 5.75 Å². The van der Waals surface area contributed by atoms with Gasteiger partial charge in [0.15, 0.2) is 17.7 Å². The summed E-state index contributed by atoms with van der Waals surface area (Å²) in [6.45, 7) is 16.9. The summed E-state index contributed by atoms with van der Waals surface area (Å²) in [5.74, 6) is -6.20. The highest BCUT2D eigenvalue weighted by molar-refractivity contribution is 7.09. The summed E-state index contributed by atoms with van der Waals surface area (Å²) in [7, 11) is 5.31. The van der Waals surface area contributed by atoms with Crippen molar-refractivity contribution in [1.82, 2.24) is 30.7 Å². The van der Waals surface area contributed by atoms with Gasteiger partial charge in [0.05, 0.1) is 23.2 Å². The second-order valence-corrected chi connectivity index (χ2v) is 21.1. The van der Waals surface area contributed by atoms with Crippen molar-refractivity contribution in [3.8, 4) is 30.4 Å². The number of terminal acetylenes is 2. The number of Topliss-reactive ketones (excluding diaryl/α,β-unsaturated/α-hetero) is 3. The van der Waals surface area contributed by atoms with Gasteiger partial charge < -0.3 is 41.1 Å². The fourth-order valence-electron chi connectivity index (χ4n) is 7.93. The molecule has 21 heteroatoms. The minimum absolute atomic E-state index is 0.0207. The quantitative estimate of drug-likeness (QED) is 0.0272. The van der Waals surface area contributed by atoms with E-state index in [9.17, 15) is 58.2 Å². The maximum absolute atomic E-state index is 14.3. The van der Waals surface area contributed by atoms with Crippen LogP contribution in [0.2, 0.25) is 0 Å². The first kappa shape index (κ1) is 64.1. The first-order valence-electron chi connectivity index (χ1n) is 24.7. The van der Waals surface area contributed by atoms with Crippen LogP contribution in [0, 0.1) is 54.3 Å². The zero-order valence-corrected chi connectivity index (χ0v) is 46.1. The van der Waals surface area contributed by atoms with Gasteiger partial charge in [-0.15, -0.1) is 24.2 Å². The summed E-state index contributed by atoms with van der Waals surface area (Å²) in [5.41, 5.74) is -0.430. The van der Waals surface area contributed by atoms with Crippen LogP contribution in [-0.2, 0) is 54.3 Å². The number of likely N-dealkylation sites (N-methyl/N-ethyl adjacent to an activating group) is 1. The second kappa shape index (κ2) is 29.2. The molecule has 0 saturated carbocycles. The van der Waals surface area contributed by atoms with E-state index in [-0.39, 0.29) is 77.8 Å². The molecule has 2 aromatic rings. The molecular formula is C54H75N7O13S. The van der Waals surface area contributed by atoms with Gasteiger partial charge in [0.2, 0.25) is 23.5 Å². The SMILES string of the molecule is C#CC(=O)CC(NC(=O)C#C)C(=O)N[C@@H](C)C(=O)C[C@@H](C)C(=O)Nc1cc(C[C@@H](CC(C)C(=O)O)NC(=O)c2csc([C@@H](C[C@H](C(C)C)N(C)C(=O)[C@@H](CC(=O)C(C)(C)N(C)C)[C@@H](C)CC)OC(C)=O)n2)ccc1O. The number of hydrogen-bond acceptors (Lipinski definition) is 15. The van der Waals surface area contributed by atoms with Gasteiger partial charge in [0, 0.05) is 69.0 Å². The number of phenols is 1. The molecule has 6 N–H and O–H groups in total. The number of carboxylic acids is 1. The topological polar surface area (TPSA) is 288 Å². The normalized spacial score (nSPS) is 14.9. The number of carbonyl (C=O) groups is 10. The van der Waals surface area contributed by atoms with Crippen molar-refractivity contribution >= 4 is 75.8 Å². The highest BCUT2D eigenvalue weighted by atomic mass is 32.1. The number of benzene rings is 1. The van der Waals surface area contributed by atoms with Crippen LogP contribution in [-0.4, -0.2) is 135 Å². The Hall–Kier alpha value is -6.97. The van der Waals surface area contributed by atoms with Crippen molar-refractivity contribution in [2.24, 2.45) is 29.6 Å². The van der Waals surface area contributed by atoms with Crippen molar-refractivity contribution in [3.63, 3.8) is 0 Å². The molecule has 0 aliphatic rings. The number of nitrogens with one attached hydrogen (secondary N) is 4. The molecule has 0 spiro atoms. The number of ether oxygens (including phenoxy) is 1. The molecule has 5 amide bonds. The van der Waals surface area contributed by atoms with Crippen molar-refractivity contribution in [1.29, 1.82) is 0 Å². The van der Waals surface area contributed by atoms with E-state index in [0.29, 0.717) is 12.0 Å². The van der Waals surface area contributed by atoms with Crippen LogP contribution in [0.4, 0.5) is 5.69 Å². The third-order valence-corrected chi connectivity index (χ3v) is 14.5. The van der Waals surface area contributed by atoms with Gasteiger partial charge in [-0.1, -0.05) is 54.0 Å². The molecule has 2 rings (SSSR count). The molecule has 0 fully saturated rings. The largest absolute Gasteiger partial charge is 0.506 e. The molecule has 1 aromatic heterocycles. The average molecular weight is 1060 g/mol. The Morgan fingerprint density at radius 1 is 0.853 bits per heavy atom. The number of thiazole rings is 1. The number of aromatic nitrogens is 1. The number of amides is 5. The fraction of sp³-hybridized carbons (Fsp3) is 0.574. The summed E-state index contributed by atoms with van der Waals surface area (Å²) in [4.78, 5) is 137. The Bertz CT molecular complexity index is 2480.